The maximum atomic E-state index is 12.6. The summed E-state index contributed by atoms with van der Waals surface area (Å²) in [6, 6.07) is 11.5. The minimum Gasteiger partial charge on any atom is -1.45 e. The molecule has 18 heavy (non-hydrogen) atoms. The lowest BCUT2D eigenvalue weighted by molar-refractivity contribution is 0.103. The van der Waals surface area contributed by atoms with Crippen LogP contribution < -0.4 is 5.30 Å². The Bertz CT molecular complexity index is 591. The molecule has 0 aromatic heterocycles. The van der Waals surface area contributed by atoms with Gasteiger partial charge in [-0.2, -0.15) is 0 Å². The molecule has 92 valence electrons. The fourth-order valence-electron chi connectivity index (χ4n) is 2.34. The summed E-state index contributed by atoms with van der Waals surface area (Å²) >= 11 is 0. The number of carbonyl (C=O) groups excluding carboxylic acids is 1. The van der Waals surface area contributed by atoms with Crippen molar-refractivity contribution in [2.75, 3.05) is 0 Å². The van der Waals surface area contributed by atoms with Crippen molar-refractivity contribution in [3.05, 3.63) is 64.2 Å². The van der Waals surface area contributed by atoms with Crippen LogP contribution in [0.3, 0.4) is 0 Å². The van der Waals surface area contributed by atoms with Crippen molar-refractivity contribution in [3.63, 3.8) is 0 Å². The Labute approximate surface area is 110 Å². The van der Waals surface area contributed by atoms with Crippen LogP contribution >= 0.6 is 9.24 Å². The average Bonchev–Trinajstić information content (AvgIpc) is 2.27. The van der Waals surface area contributed by atoms with Gasteiger partial charge in [-0.1, -0.05) is 35.9 Å². The van der Waals surface area contributed by atoms with Crippen LogP contribution in [0, 0.1) is 20.8 Å². The second-order valence-electron chi connectivity index (χ2n) is 4.62. The van der Waals surface area contributed by atoms with E-state index in [1.165, 1.54) is 5.56 Å². The lowest BCUT2D eigenvalue weighted by atomic mass is 9.93. The molecule has 0 atom stereocenters. The first-order chi connectivity index (χ1) is 8.50. The average molecular weight is 254 g/mol. The zero-order chi connectivity index (χ0) is 13.3. The molecular weight excluding hydrogens is 239 g/mol. The SMILES string of the molecule is Cc1cc(C)c(C(=O)c2ccccc2[P-2])c(C)c1. The van der Waals surface area contributed by atoms with Crippen LogP contribution in [0.1, 0.15) is 32.6 Å². The van der Waals surface area contributed by atoms with E-state index in [1.807, 2.05) is 57.2 Å². The summed E-state index contributed by atoms with van der Waals surface area (Å²) in [6.07, 6.45) is 0. The van der Waals surface area contributed by atoms with Crippen LogP contribution in [-0.4, -0.2) is 5.78 Å². The Hall–Kier alpha value is -1.46. The summed E-state index contributed by atoms with van der Waals surface area (Å²) in [7, 11) is 4.36. The normalized spacial score (nSPS) is 10.4. The molecule has 0 N–H and O–H groups in total. The molecule has 0 spiro atoms. The van der Waals surface area contributed by atoms with Gasteiger partial charge in [0.2, 0.25) is 0 Å². The molecule has 0 bridgehead atoms. The van der Waals surface area contributed by atoms with Crippen LogP contribution in [0.4, 0.5) is 0 Å². The molecule has 0 aliphatic heterocycles. The van der Waals surface area contributed by atoms with Gasteiger partial charge in [0.1, 0.15) is 0 Å². The molecule has 2 aromatic carbocycles. The predicted octanol–water partition coefficient (Wildman–Crippen LogP) is 3.88. The lowest BCUT2D eigenvalue weighted by Crippen LogP contribution is -2.13. The summed E-state index contributed by atoms with van der Waals surface area (Å²) in [5.74, 6) is 0.0515. The maximum absolute atomic E-state index is 12.6. The lowest BCUT2D eigenvalue weighted by Gasteiger charge is -2.36. The van der Waals surface area contributed by atoms with Crippen LogP contribution in [-0.2, 0) is 0 Å². The number of hydrogen-bond acceptors (Lipinski definition) is 1. The van der Waals surface area contributed by atoms with Crippen molar-refractivity contribution in [2.24, 2.45) is 0 Å². The molecule has 2 heteroatoms. The van der Waals surface area contributed by atoms with Gasteiger partial charge in [-0.25, -0.2) is 0 Å². The highest BCUT2D eigenvalue weighted by Crippen LogP contribution is 2.20. The van der Waals surface area contributed by atoms with Crippen molar-refractivity contribution in [3.8, 4) is 0 Å². The Morgan fingerprint density at radius 2 is 1.56 bits per heavy atom. The summed E-state index contributed by atoms with van der Waals surface area (Å²) in [5, 5.41) is 0.724. The third-order valence-corrected chi connectivity index (χ3v) is 3.44. The number of ketones is 1. The van der Waals surface area contributed by atoms with Crippen molar-refractivity contribution in [2.45, 2.75) is 20.8 Å². The van der Waals surface area contributed by atoms with Gasteiger partial charge in [-0.3, -0.25) is 4.79 Å². The molecule has 2 aromatic rings. The van der Waals surface area contributed by atoms with Gasteiger partial charge in [-0.15, -0.1) is 6.07 Å². The number of hydrogen-bond donors (Lipinski definition) is 0. The van der Waals surface area contributed by atoms with Crippen LogP contribution in [0.15, 0.2) is 36.4 Å². The quantitative estimate of drug-likeness (QED) is 0.587. The zero-order valence-electron chi connectivity index (χ0n) is 10.8. The third-order valence-electron chi connectivity index (χ3n) is 3.05. The van der Waals surface area contributed by atoms with Gasteiger partial charge in [0.05, 0.1) is 0 Å². The second kappa shape index (κ2) is 5.04. The first-order valence-corrected chi connectivity index (χ1v) is 6.36. The van der Waals surface area contributed by atoms with Crippen molar-refractivity contribution >= 4 is 20.3 Å². The molecule has 0 saturated carbocycles. The van der Waals surface area contributed by atoms with E-state index in [-0.39, 0.29) is 5.78 Å². The van der Waals surface area contributed by atoms with Gasteiger partial charge in [-0.05, 0) is 37.5 Å². The van der Waals surface area contributed by atoms with E-state index in [1.54, 1.807) is 0 Å². The summed E-state index contributed by atoms with van der Waals surface area (Å²) in [5.41, 5.74) is 4.68. The molecule has 0 unspecified atom stereocenters. The van der Waals surface area contributed by atoms with Gasteiger partial charge in [0, 0.05) is 5.56 Å². The fraction of sp³-hybridized carbons (Fsp3) is 0.188. The van der Waals surface area contributed by atoms with E-state index in [9.17, 15) is 4.79 Å². The second-order valence-corrected chi connectivity index (χ2v) is 5.10. The minimum atomic E-state index is 0.0515. The summed E-state index contributed by atoms with van der Waals surface area (Å²) in [4.78, 5) is 12.6. The van der Waals surface area contributed by atoms with E-state index in [0.29, 0.717) is 5.56 Å². The van der Waals surface area contributed by atoms with Gasteiger partial charge < -0.3 is 14.5 Å². The maximum Gasteiger partial charge on any atom is 0.189 e. The van der Waals surface area contributed by atoms with Gasteiger partial charge >= 0.3 is 0 Å². The topological polar surface area (TPSA) is 17.1 Å². The highest BCUT2D eigenvalue weighted by molar-refractivity contribution is 7.27. The number of carbonyl (C=O) groups is 1. The Morgan fingerprint density at radius 1 is 1.00 bits per heavy atom. The Morgan fingerprint density at radius 3 is 2.11 bits per heavy atom. The fourth-order valence-corrected chi connectivity index (χ4v) is 2.60. The van der Waals surface area contributed by atoms with Crippen LogP contribution in [0.2, 0.25) is 0 Å². The van der Waals surface area contributed by atoms with Crippen molar-refractivity contribution in [1.29, 1.82) is 0 Å². The van der Waals surface area contributed by atoms with E-state index in [4.69, 9.17) is 0 Å². The molecule has 0 fully saturated rings. The molecule has 2 rings (SSSR count). The van der Waals surface area contributed by atoms with E-state index in [2.05, 4.69) is 9.24 Å². The monoisotopic (exact) mass is 254 g/mol. The van der Waals surface area contributed by atoms with Crippen molar-refractivity contribution in [1.82, 2.24) is 0 Å². The molecular formula is C16H15OP-2. The number of benzene rings is 2. The molecule has 0 aliphatic carbocycles. The third kappa shape index (κ3) is 2.37. The van der Waals surface area contributed by atoms with E-state index < -0.39 is 0 Å². The zero-order valence-corrected chi connectivity index (χ0v) is 11.7. The Balaban J connectivity index is 2.57. The largest absolute Gasteiger partial charge is 1.45 e. The molecule has 0 heterocycles. The van der Waals surface area contributed by atoms with E-state index >= 15 is 0 Å². The molecule has 0 saturated heterocycles. The summed E-state index contributed by atoms with van der Waals surface area (Å²) in [6.45, 7) is 6.00. The molecule has 0 amide bonds. The van der Waals surface area contributed by atoms with Crippen LogP contribution in [0.25, 0.3) is 0 Å². The highest BCUT2D eigenvalue weighted by atomic mass is 31.0. The smallest absolute Gasteiger partial charge is 0.189 e. The molecule has 0 aliphatic rings. The molecule has 1 nitrogen and oxygen atoms in total. The molecule has 0 radical (unpaired) electrons. The first-order valence-electron chi connectivity index (χ1n) is 5.91. The predicted molar refractivity (Wildman–Crippen MR) is 77.1 cm³/mol. The van der Waals surface area contributed by atoms with E-state index in [0.717, 1.165) is 22.0 Å². The first kappa shape index (κ1) is 13.0. The van der Waals surface area contributed by atoms with Gasteiger partial charge in [0.15, 0.2) is 5.78 Å². The van der Waals surface area contributed by atoms with Gasteiger partial charge in [0.25, 0.3) is 0 Å². The number of aryl methyl sites for hydroxylation is 3. The standard InChI is InChI=1S/C16H15OP/c1-10-8-11(2)15(12(3)9-10)16(17)13-6-4-5-7-14(13)18/h4-9H,1-3H3/q-2. The highest BCUT2D eigenvalue weighted by Gasteiger charge is 2.13. The Kier molecular flexibility index (Phi) is 3.63. The summed E-state index contributed by atoms with van der Waals surface area (Å²) < 4.78 is 0. The van der Waals surface area contributed by atoms with Crippen LogP contribution in [0.5, 0.6) is 0 Å². The number of rotatable bonds is 2. The van der Waals surface area contributed by atoms with Crippen molar-refractivity contribution < 1.29 is 4.79 Å². The minimum absolute atomic E-state index is 0.0515.